The van der Waals surface area contributed by atoms with Gasteiger partial charge >= 0.3 is 0 Å². The summed E-state index contributed by atoms with van der Waals surface area (Å²) in [6.07, 6.45) is 1.25. The van der Waals surface area contributed by atoms with E-state index in [1.807, 2.05) is 30.3 Å². The summed E-state index contributed by atoms with van der Waals surface area (Å²) in [5.41, 5.74) is 2.43. The molecule has 1 amide bonds. The number of piperidine rings is 1. The summed E-state index contributed by atoms with van der Waals surface area (Å²) in [5, 5.41) is 12.6. The smallest absolute Gasteiger partial charge is 0.262 e. The summed E-state index contributed by atoms with van der Waals surface area (Å²) in [6, 6.07) is 14.1. The van der Waals surface area contributed by atoms with Gasteiger partial charge in [-0.1, -0.05) is 30.3 Å². The topological polar surface area (TPSA) is 108 Å². The van der Waals surface area contributed by atoms with Crippen LogP contribution in [-0.2, 0) is 21.4 Å². The molecular formula is C21H27N3O5S. The van der Waals surface area contributed by atoms with Crippen molar-refractivity contribution in [3.63, 3.8) is 0 Å². The molecule has 0 radical (unpaired) electrons. The maximum atomic E-state index is 13.6. The molecule has 0 spiro atoms. The molecule has 1 aliphatic rings. The lowest BCUT2D eigenvalue weighted by Gasteiger charge is -2.36. The minimum atomic E-state index is -4.04. The molecule has 1 fully saturated rings. The monoisotopic (exact) mass is 433 g/mol. The highest BCUT2D eigenvalue weighted by Crippen LogP contribution is 2.29. The Morgan fingerprint density at radius 1 is 1.17 bits per heavy atom. The second-order valence-electron chi connectivity index (χ2n) is 7.22. The standard InChI is InChI=1S/C21H27N3O5S/c1-29-18-7-9-19(10-8-18)30(27,28)24(15-16-5-3-2-4-6-16)20(21(25)23-26)17-11-13-22-14-12-17/h2-10,17,20,22,26H,11-15H2,1H3,(H,23,25)/t20-/m1/s1. The van der Waals surface area contributed by atoms with E-state index in [9.17, 15) is 18.4 Å². The van der Waals surface area contributed by atoms with Crippen LogP contribution in [0.1, 0.15) is 18.4 Å². The van der Waals surface area contributed by atoms with E-state index in [-0.39, 0.29) is 17.4 Å². The van der Waals surface area contributed by atoms with Crippen LogP contribution in [0.2, 0.25) is 0 Å². The molecule has 9 heteroatoms. The number of ether oxygens (including phenoxy) is 1. The Morgan fingerprint density at radius 3 is 2.37 bits per heavy atom. The first-order valence-electron chi connectivity index (χ1n) is 9.82. The van der Waals surface area contributed by atoms with Gasteiger partial charge in [0.25, 0.3) is 5.91 Å². The molecular weight excluding hydrogens is 406 g/mol. The van der Waals surface area contributed by atoms with Crippen LogP contribution in [0.5, 0.6) is 5.75 Å². The quantitative estimate of drug-likeness (QED) is 0.433. The van der Waals surface area contributed by atoms with Gasteiger partial charge in [0.1, 0.15) is 11.8 Å². The highest BCUT2D eigenvalue weighted by Gasteiger charge is 2.41. The number of carbonyl (C=O) groups excluding carboxylic acids is 1. The molecule has 1 saturated heterocycles. The Bertz CT molecular complexity index is 929. The molecule has 8 nitrogen and oxygen atoms in total. The van der Waals surface area contributed by atoms with Gasteiger partial charge in [0.05, 0.1) is 12.0 Å². The van der Waals surface area contributed by atoms with Gasteiger partial charge in [-0.2, -0.15) is 4.31 Å². The number of sulfonamides is 1. The van der Waals surface area contributed by atoms with Crippen LogP contribution in [0.4, 0.5) is 0 Å². The number of hydrogen-bond donors (Lipinski definition) is 3. The van der Waals surface area contributed by atoms with E-state index < -0.39 is 22.0 Å². The van der Waals surface area contributed by atoms with E-state index in [1.165, 1.54) is 23.5 Å². The van der Waals surface area contributed by atoms with Crippen LogP contribution in [0.3, 0.4) is 0 Å². The van der Waals surface area contributed by atoms with Crippen LogP contribution in [-0.4, -0.2) is 50.1 Å². The Kier molecular flexibility index (Phi) is 7.43. The van der Waals surface area contributed by atoms with Gasteiger partial charge < -0.3 is 10.1 Å². The van der Waals surface area contributed by atoms with Crippen molar-refractivity contribution in [1.82, 2.24) is 15.1 Å². The number of hydrogen-bond acceptors (Lipinski definition) is 6. The largest absolute Gasteiger partial charge is 0.497 e. The second kappa shape index (κ2) is 10.0. The number of methoxy groups -OCH3 is 1. The van der Waals surface area contributed by atoms with Crippen LogP contribution < -0.4 is 15.5 Å². The molecule has 2 aromatic rings. The Morgan fingerprint density at radius 2 is 1.80 bits per heavy atom. The van der Waals surface area contributed by atoms with E-state index in [4.69, 9.17) is 4.74 Å². The average molecular weight is 434 g/mol. The van der Waals surface area contributed by atoms with Gasteiger partial charge in [-0.25, -0.2) is 13.9 Å². The molecule has 2 aromatic carbocycles. The van der Waals surface area contributed by atoms with Crippen molar-refractivity contribution in [3.05, 3.63) is 60.2 Å². The number of hydroxylamine groups is 1. The molecule has 0 saturated carbocycles. The van der Waals surface area contributed by atoms with Crippen molar-refractivity contribution < 1.29 is 23.2 Å². The average Bonchev–Trinajstić information content (AvgIpc) is 2.80. The normalized spacial score (nSPS) is 16.2. The van der Waals surface area contributed by atoms with E-state index in [0.29, 0.717) is 31.7 Å². The van der Waals surface area contributed by atoms with Gasteiger partial charge in [-0.15, -0.1) is 0 Å². The summed E-state index contributed by atoms with van der Waals surface area (Å²) in [7, 11) is -2.54. The molecule has 0 bridgehead atoms. The second-order valence-corrected chi connectivity index (χ2v) is 9.11. The summed E-state index contributed by atoms with van der Waals surface area (Å²) in [4.78, 5) is 12.8. The Hall–Kier alpha value is -2.46. The van der Waals surface area contributed by atoms with Crippen LogP contribution >= 0.6 is 0 Å². The highest BCUT2D eigenvalue weighted by atomic mass is 32.2. The highest BCUT2D eigenvalue weighted by molar-refractivity contribution is 7.89. The lowest BCUT2D eigenvalue weighted by Crippen LogP contribution is -2.54. The number of amides is 1. The number of rotatable bonds is 8. The van der Waals surface area contributed by atoms with Crippen molar-refractivity contribution in [1.29, 1.82) is 0 Å². The third-order valence-electron chi connectivity index (χ3n) is 5.37. The molecule has 0 aliphatic carbocycles. The lowest BCUT2D eigenvalue weighted by atomic mass is 9.89. The van der Waals surface area contributed by atoms with Gasteiger partial charge in [0.15, 0.2) is 0 Å². The van der Waals surface area contributed by atoms with E-state index in [1.54, 1.807) is 17.6 Å². The molecule has 1 heterocycles. The Balaban J connectivity index is 2.05. The number of nitrogens with one attached hydrogen (secondary N) is 2. The van der Waals surface area contributed by atoms with Crippen LogP contribution in [0.15, 0.2) is 59.5 Å². The number of carbonyl (C=O) groups is 1. The van der Waals surface area contributed by atoms with Crippen molar-refractivity contribution in [2.24, 2.45) is 5.92 Å². The first-order valence-corrected chi connectivity index (χ1v) is 11.3. The molecule has 30 heavy (non-hydrogen) atoms. The minimum absolute atomic E-state index is 0.0111. The van der Waals surface area contributed by atoms with Crippen LogP contribution in [0, 0.1) is 5.92 Å². The minimum Gasteiger partial charge on any atom is -0.497 e. The van der Waals surface area contributed by atoms with Crippen molar-refractivity contribution in [2.75, 3.05) is 20.2 Å². The molecule has 162 valence electrons. The fraction of sp³-hybridized carbons (Fsp3) is 0.381. The van der Waals surface area contributed by atoms with Gasteiger partial charge in [0.2, 0.25) is 10.0 Å². The maximum absolute atomic E-state index is 13.6. The third kappa shape index (κ3) is 4.99. The zero-order chi connectivity index (χ0) is 21.6. The Labute approximate surface area is 176 Å². The molecule has 1 atom stereocenters. The first-order chi connectivity index (χ1) is 14.5. The lowest BCUT2D eigenvalue weighted by molar-refractivity contribution is -0.135. The van der Waals surface area contributed by atoms with Crippen LogP contribution in [0.25, 0.3) is 0 Å². The summed E-state index contributed by atoms with van der Waals surface area (Å²) >= 11 is 0. The van der Waals surface area contributed by atoms with E-state index in [2.05, 4.69) is 5.32 Å². The molecule has 0 unspecified atom stereocenters. The fourth-order valence-corrected chi connectivity index (χ4v) is 5.42. The predicted molar refractivity (Wildman–Crippen MR) is 111 cm³/mol. The molecule has 3 N–H and O–H groups in total. The van der Waals surface area contributed by atoms with Crippen molar-refractivity contribution >= 4 is 15.9 Å². The fourth-order valence-electron chi connectivity index (χ4n) is 3.79. The van der Waals surface area contributed by atoms with Gasteiger partial charge in [-0.3, -0.25) is 10.0 Å². The maximum Gasteiger partial charge on any atom is 0.262 e. The summed E-state index contributed by atoms with van der Waals surface area (Å²) < 4.78 is 33.6. The molecule has 0 aromatic heterocycles. The molecule has 3 rings (SSSR count). The van der Waals surface area contributed by atoms with E-state index >= 15 is 0 Å². The van der Waals surface area contributed by atoms with Crippen molar-refractivity contribution in [2.45, 2.75) is 30.3 Å². The molecule has 1 aliphatic heterocycles. The predicted octanol–water partition coefficient (Wildman–Crippen LogP) is 1.76. The summed E-state index contributed by atoms with van der Waals surface area (Å²) in [5.74, 6) is -0.420. The zero-order valence-electron chi connectivity index (χ0n) is 16.8. The van der Waals surface area contributed by atoms with Crippen molar-refractivity contribution in [3.8, 4) is 5.75 Å². The SMILES string of the molecule is COc1ccc(S(=O)(=O)N(Cc2ccccc2)[C@@H](C(=O)NO)C2CCNCC2)cc1. The summed E-state index contributed by atoms with van der Waals surface area (Å²) in [6.45, 7) is 1.38. The van der Waals surface area contributed by atoms with Gasteiger partial charge in [0, 0.05) is 6.54 Å². The third-order valence-corrected chi connectivity index (χ3v) is 7.21. The van der Waals surface area contributed by atoms with Gasteiger partial charge in [-0.05, 0) is 61.7 Å². The number of nitrogens with zero attached hydrogens (tertiary/aromatic N) is 1. The zero-order valence-corrected chi connectivity index (χ0v) is 17.6. The number of benzene rings is 2. The van der Waals surface area contributed by atoms with E-state index in [0.717, 1.165) is 5.56 Å². The first kappa shape index (κ1) is 22.2.